The Bertz CT molecular complexity index is 698. The lowest BCUT2D eigenvalue weighted by atomic mass is 10.3. The maximum absolute atomic E-state index is 11.6. The van der Waals surface area contributed by atoms with Crippen LogP contribution < -0.4 is 5.43 Å². The van der Waals surface area contributed by atoms with Crippen LogP contribution >= 0.6 is 11.5 Å². The van der Waals surface area contributed by atoms with Gasteiger partial charge in [-0.15, -0.1) is 5.10 Å². The maximum Gasteiger partial charge on any atom is 0.360 e. The van der Waals surface area contributed by atoms with Crippen LogP contribution in [0.2, 0.25) is 0 Å². The van der Waals surface area contributed by atoms with Gasteiger partial charge in [0.15, 0.2) is 5.69 Å². The summed E-state index contributed by atoms with van der Waals surface area (Å²) in [5, 5.41) is 18.2. The topological polar surface area (TPSA) is 120 Å². The molecule has 2 aromatic rings. The molecule has 0 fully saturated rings. The van der Waals surface area contributed by atoms with Gasteiger partial charge < -0.3 is 4.74 Å². The highest BCUT2D eigenvalue weighted by Crippen LogP contribution is 2.15. The van der Waals surface area contributed by atoms with Crippen LogP contribution in [-0.2, 0) is 4.74 Å². The van der Waals surface area contributed by atoms with Crippen LogP contribution in [0.1, 0.15) is 22.3 Å². The summed E-state index contributed by atoms with van der Waals surface area (Å²) < 4.78 is 8.53. The Kier molecular flexibility index (Phi) is 5.09. The average molecular weight is 321 g/mol. The number of non-ortho nitro benzene ring substituents is 1. The maximum atomic E-state index is 11.6. The van der Waals surface area contributed by atoms with Crippen molar-refractivity contribution in [2.24, 2.45) is 5.10 Å². The summed E-state index contributed by atoms with van der Waals surface area (Å²) in [6.07, 6.45) is 1.39. The Labute approximate surface area is 128 Å². The molecule has 0 radical (unpaired) electrons. The number of carbonyl (C=O) groups is 1. The number of carbonyl (C=O) groups excluding carboxylic acids is 1. The van der Waals surface area contributed by atoms with E-state index in [1.165, 1.54) is 30.5 Å². The lowest BCUT2D eigenvalue weighted by molar-refractivity contribution is -0.384. The van der Waals surface area contributed by atoms with Gasteiger partial charge in [0, 0.05) is 12.1 Å². The number of anilines is 1. The molecule has 0 amide bonds. The van der Waals surface area contributed by atoms with E-state index in [4.69, 9.17) is 4.74 Å². The molecule has 0 saturated carbocycles. The lowest BCUT2D eigenvalue weighted by Gasteiger charge is -1.99. The molecule has 0 spiro atoms. The molecule has 1 aromatic heterocycles. The van der Waals surface area contributed by atoms with Gasteiger partial charge in [-0.1, -0.05) is 4.49 Å². The van der Waals surface area contributed by atoms with Gasteiger partial charge in [-0.25, -0.2) is 4.79 Å². The van der Waals surface area contributed by atoms with Crippen molar-refractivity contribution >= 4 is 35.1 Å². The van der Waals surface area contributed by atoms with Crippen molar-refractivity contribution < 1.29 is 14.5 Å². The normalized spacial score (nSPS) is 10.6. The standard InChI is InChI=1S/C12H11N5O4S/c1-2-21-12(18)11-10(22-16-15-11)7-13-14-8-3-5-9(6-4-8)17(19)20/h3-7,14H,2H2,1H3/b13-7+. The monoisotopic (exact) mass is 321 g/mol. The van der Waals surface area contributed by atoms with Crippen LogP contribution in [0.15, 0.2) is 29.4 Å². The lowest BCUT2D eigenvalue weighted by Crippen LogP contribution is -2.07. The summed E-state index contributed by atoms with van der Waals surface area (Å²) in [6.45, 7) is 1.94. The van der Waals surface area contributed by atoms with Crippen molar-refractivity contribution in [2.75, 3.05) is 12.0 Å². The molecule has 0 unspecified atom stereocenters. The molecule has 0 atom stereocenters. The number of esters is 1. The smallest absolute Gasteiger partial charge is 0.360 e. The van der Waals surface area contributed by atoms with E-state index < -0.39 is 10.9 Å². The van der Waals surface area contributed by atoms with Crippen LogP contribution in [-0.4, -0.2) is 33.3 Å². The summed E-state index contributed by atoms with van der Waals surface area (Å²) in [4.78, 5) is 22.1. The second-order valence-corrected chi connectivity index (χ2v) is 4.67. The first kappa shape index (κ1) is 15.5. The molecule has 2 rings (SSSR count). The van der Waals surface area contributed by atoms with Crippen molar-refractivity contribution in [3.8, 4) is 0 Å². The fourth-order valence-electron chi connectivity index (χ4n) is 1.45. The minimum atomic E-state index is -0.562. The van der Waals surface area contributed by atoms with E-state index in [1.807, 2.05) is 0 Å². The highest BCUT2D eigenvalue weighted by Gasteiger charge is 2.16. The Hall–Kier alpha value is -2.88. The number of aromatic nitrogens is 2. The van der Waals surface area contributed by atoms with Crippen LogP contribution in [0.3, 0.4) is 0 Å². The molecule has 0 aliphatic heterocycles. The zero-order chi connectivity index (χ0) is 15.9. The van der Waals surface area contributed by atoms with E-state index in [1.54, 1.807) is 6.92 Å². The van der Waals surface area contributed by atoms with Crippen molar-refractivity contribution in [3.05, 3.63) is 45.0 Å². The fraction of sp³-hybridized carbons (Fsp3) is 0.167. The summed E-state index contributed by atoms with van der Waals surface area (Å²) >= 11 is 1.00. The van der Waals surface area contributed by atoms with Crippen molar-refractivity contribution in [1.82, 2.24) is 9.59 Å². The molecule has 1 heterocycles. The number of hydrogen-bond donors (Lipinski definition) is 1. The second kappa shape index (κ2) is 7.22. The molecule has 22 heavy (non-hydrogen) atoms. The second-order valence-electron chi connectivity index (χ2n) is 3.88. The van der Waals surface area contributed by atoms with Gasteiger partial charge in [-0.3, -0.25) is 15.5 Å². The van der Waals surface area contributed by atoms with Crippen LogP contribution in [0.4, 0.5) is 11.4 Å². The third-order valence-electron chi connectivity index (χ3n) is 2.44. The third-order valence-corrected chi connectivity index (χ3v) is 3.09. The molecule has 0 saturated heterocycles. The summed E-state index contributed by atoms with van der Waals surface area (Å²) in [7, 11) is 0. The number of nitro groups is 1. The highest BCUT2D eigenvalue weighted by molar-refractivity contribution is 7.07. The van der Waals surface area contributed by atoms with Crippen molar-refractivity contribution in [2.45, 2.75) is 6.92 Å². The predicted octanol–water partition coefficient (Wildman–Crippen LogP) is 2.07. The van der Waals surface area contributed by atoms with Gasteiger partial charge in [-0.2, -0.15) is 5.10 Å². The molecule has 0 aliphatic rings. The SMILES string of the molecule is CCOC(=O)c1nnsc1/C=N/Nc1ccc([N+](=O)[O-])cc1. The highest BCUT2D eigenvalue weighted by atomic mass is 32.1. The minimum absolute atomic E-state index is 0.00853. The quantitative estimate of drug-likeness (QED) is 0.374. The molecule has 1 aromatic carbocycles. The number of hydrogen-bond acceptors (Lipinski definition) is 9. The Morgan fingerprint density at radius 3 is 2.86 bits per heavy atom. The predicted molar refractivity (Wildman–Crippen MR) is 80.2 cm³/mol. The molecular weight excluding hydrogens is 310 g/mol. The van der Waals surface area contributed by atoms with Gasteiger partial charge in [-0.05, 0) is 30.6 Å². The molecule has 0 aliphatic carbocycles. The average Bonchev–Trinajstić information content (AvgIpc) is 2.96. The first-order chi connectivity index (χ1) is 10.6. The van der Waals surface area contributed by atoms with E-state index >= 15 is 0 Å². The zero-order valence-electron chi connectivity index (χ0n) is 11.4. The summed E-state index contributed by atoms with van der Waals surface area (Å²) in [5.74, 6) is -0.562. The van der Waals surface area contributed by atoms with E-state index in [0.717, 1.165) is 11.5 Å². The van der Waals surface area contributed by atoms with Gasteiger partial charge >= 0.3 is 5.97 Å². The van der Waals surface area contributed by atoms with Crippen molar-refractivity contribution in [3.63, 3.8) is 0 Å². The van der Waals surface area contributed by atoms with Gasteiger partial charge in [0.2, 0.25) is 0 Å². The zero-order valence-corrected chi connectivity index (χ0v) is 12.2. The number of nitrogens with one attached hydrogen (secondary N) is 1. The molecule has 1 N–H and O–H groups in total. The molecule has 114 valence electrons. The summed E-state index contributed by atoms with van der Waals surface area (Å²) in [6, 6.07) is 5.76. The van der Waals surface area contributed by atoms with E-state index in [2.05, 4.69) is 20.1 Å². The van der Waals surface area contributed by atoms with E-state index in [0.29, 0.717) is 10.6 Å². The van der Waals surface area contributed by atoms with Gasteiger partial charge in [0.05, 0.1) is 23.4 Å². The molecular formula is C12H11N5O4S. The van der Waals surface area contributed by atoms with Crippen LogP contribution in [0, 0.1) is 10.1 Å². The number of nitro benzene ring substituents is 1. The first-order valence-corrected chi connectivity index (χ1v) is 6.92. The molecule has 9 nitrogen and oxygen atoms in total. The number of benzene rings is 1. The largest absolute Gasteiger partial charge is 0.461 e. The number of ether oxygens (including phenoxy) is 1. The van der Waals surface area contributed by atoms with Crippen LogP contribution in [0.25, 0.3) is 0 Å². The fourth-order valence-corrected chi connectivity index (χ4v) is 1.97. The summed E-state index contributed by atoms with van der Waals surface area (Å²) in [5.41, 5.74) is 3.35. The first-order valence-electron chi connectivity index (χ1n) is 6.14. The van der Waals surface area contributed by atoms with Crippen LogP contribution in [0.5, 0.6) is 0 Å². The Morgan fingerprint density at radius 2 is 2.23 bits per heavy atom. The Balaban J connectivity index is 2.02. The Morgan fingerprint density at radius 1 is 1.50 bits per heavy atom. The number of hydrazone groups is 1. The third kappa shape index (κ3) is 3.82. The van der Waals surface area contributed by atoms with Gasteiger partial charge in [0.1, 0.15) is 4.88 Å². The van der Waals surface area contributed by atoms with E-state index in [9.17, 15) is 14.9 Å². The van der Waals surface area contributed by atoms with Crippen molar-refractivity contribution in [1.29, 1.82) is 0 Å². The number of rotatable bonds is 6. The minimum Gasteiger partial charge on any atom is -0.461 e. The van der Waals surface area contributed by atoms with Gasteiger partial charge in [0.25, 0.3) is 5.69 Å². The van der Waals surface area contributed by atoms with E-state index in [-0.39, 0.29) is 18.0 Å². The molecule has 0 bridgehead atoms. The number of nitrogens with zero attached hydrogens (tertiary/aromatic N) is 4. The molecule has 10 heteroatoms.